The smallest absolute Gasteiger partial charge is 0.269 e. The summed E-state index contributed by atoms with van der Waals surface area (Å²) in [6.07, 6.45) is 1.25. The number of likely N-dealkylation sites (tertiary alicyclic amines) is 1. The fourth-order valence-corrected chi connectivity index (χ4v) is 5.84. The van der Waals surface area contributed by atoms with Crippen LogP contribution in [0.2, 0.25) is 0 Å². The molecule has 0 amide bonds. The summed E-state index contributed by atoms with van der Waals surface area (Å²) >= 11 is 0. The zero-order chi connectivity index (χ0) is 23.4. The Labute approximate surface area is 192 Å². The summed E-state index contributed by atoms with van der Waals surface area (Å²) < 4.78 is 41.9. The van der Waals surface area contributed by atoms with Crippen molar-refractivity contribution in [2.75, 3.05) is 17.4 Å². The average Bonchev–Trinajstić information content (AvgIpc) is 2.81. The molecule has 4 rings (SSSR count). The van der Waals surface area contributed by atoms with Gasteiger partial charge < -0.3 is 0 Å². The first-order chi connectivity index (χ1) is 15.8. The number of hydrogen-bond donors (Lipinski definition) is 0. The summed E-state index contributed by atoms with van der Waals surface area (Å²) in [5, 5.41) is 10.8. The number of nitrogens with zero attached hydrogens (tertiary/aromatic N) is 3. The minimum Gasteiger partial charge on any atom is -0.299 e. The number of halogens is 1. The maximum atomic E-state index is 13.5. The lowest BCUT2D eigenvalue weighted by Gasteiger charge is -2.39. The van der Waals surface area contributed by atoms with E-state index < -0.39 is 20.8 Å². The van der Waals surface area contributed by atoms with Gasteiger partial charge in [-0.2, -0.15) is 0 Å². The molecule has 0 aliphatic carbocycles. The molecular weight excluding hydrogens is 445 g/mol. The molecule has 1 saturated heterocycles. The minimum atomic E-state index is -3.88. The fraction of sp³-hybridized carbons (Fsp3) is 0.250. The number of anilines is 1. The Bertz CT molecular complexity index is 1190. The third-order valence-corrected chi connectivity index (χ3v) is 7.72. The van der Waals surface area contributed by atoms with E-state index in [2.05, 4.69) is 4.90 Å². The Morgan fingerprint density at radius 2 is 1.55 bits per heavy atom. The normalized spacial score (nSPS) is 15.3. The monoisotopic (exact) mass is 469 g/mol. The summed E-state index contributed by atoms with van der Waals surface area (Å²) in [4.78, 5) is 12.7. The Morgan fingerprint density at radius 3 is 2.12 bits per heavy atom. The van der Waals surface area contributed by atoms with E-state index >= 15 is 0 Å². The van der Waals surface area contributed by atoms with Crippen LogP contribution in [0.4, 0.5) is 15.8 Å². The molecule has 0 bridgehead atoms. The van der Waals surface area contributed by atoms with E-state index in [-0.39, 0.29) is 16.6 Å². The molecule has 7 nitrogen and oxygen atoms in total. The minimum absolute atomic E-state index is 0.0565. The Kier molecular flexibility index (Phi) is 6.71. The highest BCUT2D eigenvalue weighted by Gasteiger charge is 2.34. The molecule has 3 aromatic carbocycles. The highest BCUT2D eigenvalue weighted by Crippen LogP contribution is 2.31. The first-order valence-corrected chi connectivity index (χ1v) is 12.1. The van der Waals surface area contributed by atoms with Crippen molar-refractivity contribution < 1.29 is 17.7 Å². The van der Waals surface area contributed by atoms with Crippen LogP contribution < -0.4 is 4.31 Å². The van der Waals surface area contributed by atoms with Gasteiger partial charge in [0.15, 0.2) is 0 Å². The van der Waals surface area contributed by atoms with Crippen LogP contribution in [0, 0.1) is 15.9 Å². The van der Waals surface area contributed by atoms with Crippen LogP contribution in [-0.2, 0) is 16.6 Å². The van der Waals surface area contributed by atoms with Gasteiger partial charge in [-0.1, -0.05) is 30.3 Å². The third-order valence-electron chi connectivity index (χ3n) is 5.82. The fourth-order valence-electron chi connectivity index (χ4n) is 4.13. The number of rotatable bonds is 7. The van der Waals surface area contributed by atoms with Crippen molar-refractivity contribution in [1.82, 2.24) is 4.90 Å². The molecule has 0 saturated carbocycles. The van der Waals surface area contributed by atoms with E-state index in [1.54, 1.807) is 36.4 Å². The van der Waals surface area contributed by atoms with Crippen molar-refractivity contribution in [3.8, 4) is 0 Å². The molecular formula is C24H24FN3O4S. The number of para-hydroxylation sites is 1. The number of hydrogen-bond acceptors (Lipinski definition) is 5. The number of benzene rings is 3. The predicted octanol–water partition coefficient (Wildman–Crippen LogP) is 4.59. The lowest BCUT2D eigenvalue weighted by Crippen LogP contribution is -2.47. The number of non-ortho nitro benzene ring substituents is 1. The number of piperidine rings is 1. The van der Waals surface area contributed by atoms with Gasteiger partial charge in [-0.25, -0.2) is 12.8 Å². The van der Waals surface area contributed by atoms with Crippen LogP contribution in [0.5, 0.6) is 0 Å². The highest BCUT2D eigenvalue weighted by atomic mass is 32.2. The Hall–Kier alpha value is -3.30. The van der Waals surface area contributed by atoms with Crippen LogP contribution >= 0.6 is 0 Å². The van der Waals surface area contributed by atoms with Crippen LogP contribution in [-0.4, -0.2) is 37.4 Å². The molecule has 0 spiro atoms. The first kappa shape index (κ1) is 22.9. The summed E-state index contributed by atoms with van der Waals surface area (Å²) in [6.45, 7) is 2.01. The second-order valence-corrected chi connectivity index (χ2v) is 9.84. The van der Waals surface area contributed by atoms with E-state index in [4.69, 9.17) is 0 Å². The Balaban J connectivity index is 1.51. The van der Waals surface area contributed by atoms with Crippen molar-refractivity contribution in [2.45, 2.75) is 30.3 Å². The van der Waals surface area contributed by atoms with Gasteiger partial charge in [-0.3, -0.25) is 19.3 Å². The van der Waals surface area contributed by atoms with Gasteiger partial charge in [-0.05, 0) is 54.8 Å². The van der Waals surface area contributed by atoms with Crippen LogP contribution in [0.3, 0.4) is 0 Å². The second-order valence-electron chi connectivity index (χ2n) is 8.02. The van der Waals surface area contributed by atoms with Crippen molar-refractivity contribution >= 4 is 21.4 Å². The van der Waals surface area contributed by atoms with Crippen molar-refractivity contribution in [2.24, 2.45) is 0 Å². The predicted molar refractivity (Wildman–Crippen MR) is 124 cm³/mol. The quantitative estimate of drug-likeness (QED) is 0.373. The summed E-state index contributed by atoms with van der Waals surface area (Å²) in [5.41, 5.74) is 1.61. The largest absolute Gasteiger partial charge is 0.299 e. The molecule has 172 valence electrons. The molecule has 0 atom stereocenters. The first-order valence-electron chi connectivity index (χ1n) is 10.7. The summed E-state index contributed by atoms with van der Waals surface area (Å²) in [6, 6.07) is 20.1. The van der Waals surface area contributed by atoms with Gasteiger partial charge in [0, 0.05) is 37.8 Å². The molecule has 0 N–H and O–H groups in total. The van der Waals surface area contributed by atoms with E-state index in [9.17, 15) is 22.9 Å². The molecule has 0 radical (unpaired) electrons. The number of sulfonamides is 1. The van der Waals surface area contributed by atoms with Gasteiger partial charge in [0.2, 0.25) is 0 Å². The van der Waals surface area contributed by atoms with Crippen LogP contribution in [0.1, 0.15) is 18.4 Å². The van der Waals surface area contributed by atoms with Crippen molar-refractivity contribution in [1.29, 1.82) is 0 Å². The summed E-state index contributed by atoms with van der Waals surface area (Å²) in [5.74, 6) is -0.486. The third kappa shape index (κ3) is 5.20. The van der Waals surface area contributed by atoms with E-state index in [0.717, 1.165) is 17.7 Å². The molecule has 9 heteroatoms. The molecule has 1 heterocycles. The molecule has 3 aromatic rings. The number of nitro groups is 1. The standard InChI is InChI=1S/C24H24FN3O4S/c25-20-8-12-24(13-9-20)33(31,32)27(21-4-2-1-3-5-21)22-14-16-26(17-15-22)18-19-6-10-23(11-7-19)28(29)30/h1-13,22H,14-18H2. The van der Waals surface area contributed by atoms with Gasteiger partial charge in [0.05, 0.1) is 15.5 Å². The van der Waals surface area contributed by atoms with E-state index in [0.29, 0.717) is 38.2 Å². The maximum Gasteiger partial charge on any atom is 0.269 e. The van der Waals surface area contributed by atoms with Gasteiger partial charge in [0.1, 0.15) is 5.82 Å². The molecule has 1 aliphatic heterocycles. The Morgan fingerprint density at radius 1 is 0.939 bits per heavy atom. The maximum absolute atomic E-state index is 13.5. The van der Waals surface area contributed by atoms with Crippen LogP contribution in [0.15, 0.2) is 83.8 Å². The van der Waals surface area contributed by atoms with Crippen molar-refractivity contribution in [3.63, 3.8) is 0 Å². The second kappa shape index (κ2) is 9.68. The lowest BCUT2D eigenvalue weighted by atomic mass is 10.0. The van der Waals surface area contributed by atoms with E-state index in [1.165, 1.54) is 28.6 Å². The van der Waals surface area contributed by atoms with Crippen molar-refractivity contribution in [3.05, 3.63) is 100 Å². The zero-order valence-electron chi connectivity index (χ0n) is 17.9. The number of nitro benzene ring substituents is 1. The van der Waals surface area contributed by atoms with Crippen LogP contribution in [0.25, 0.3) is 0 Å². The van der Waals surface area contributed by atoms with E-state index in [1.807, 2.05) is 6.07 Å². The molecule has 1 fully saturated rings. The highest BCUT2D eigenvalue weighted by molar-refractivity contribution is 7.92. The molecule has 33 heavy (non-hydrogen) atoms. The topological polar surface area (TPSA) is 83.8 Å². The zero-order valence-corrected chi connectivity index (χ0v) is 18.7. The van der Waals surface area contributed by atoms with Gasteiger partial charge in [-0.15, -0.1) is 0 Å². The average molecular weight is 470 g/mol. The lowest BCUT2D eigenvalue weighted by molar-refractivity contribution is -0.384. The molecule has 0 unspecified atom stereocenters. The summed E-state index contributed by atoms with van der Waals surface area (Å²) in [7, 11) is -3.88. The molecule has 1 aliphatic rings. The van der Waals surface area contributed by atoms with Gasteiger partial charge >= 0.3 is 0 Å². The molecule has 0 aromatic heterocycles. The SMILES string of the molecule is O=[N+]([O-])c1ccc(CN2CCC(N(c3ccccc3)S(=O)(=O)c3ccc(F)cc3)CC2)cc1. The van der Waals surface area contributed by atoms with Gasteiger partial charge in [0.25, 0.3) is 15.7 Å².